The third-order valence-electron chi connectivity index (χ3n) is 1.90. The normalized spacial score (nSPS) is 10.8. The lowest BCUT2D eigenvalue weighted by atomic mass is 10.2. The fourth-order valence-corrected chi connectivity index (χ4v) is 1.35. The Bertz CT molecular complexity index is 422. The molecule has 68 valence electrons. The van der Waals surface area contributed by atoms with E-state index in [1.54, 1.807) is 12.1 Å². The lowest BCUT2D eigenvalue weighted by Gasteiger charge is -1.91. The van der Waals surface area contributed by atoms with Crippen molar-refractivity contribution < 1.29 is 9.94 Å². The van der Waals surface area contributed by atoms with Gasteiger partial charge in [0.1, 0.15) is 12.4 Å². The molecule has 13 heavy (non-hydrogen) atoms. The van der Waals surface area contributed by atoms with Crippen molar-refractivity contribution in [3.63, 3.8) is 0 Å². The zero-order valence-corrected chi connectivity index (χ0v) is 6.95. The molecule has 2 aromatic rings. The minimum Gasteiger partial charge on any atom is -0.508 e. The largest absolute Gasteiger partial charge is 0.508 e. The molecular formula is C9H10N2O2. The summed E-state index contributed by atoms with van der Waals surface area (Å²) >= 11 is 0. The first-order chi connectivity index (χ1) is 6.29. The van der Waals surface area contributed by atoms with E-state index in [1.165, 1.54) is 0 Å². The van der Waals surface area contributed by atoms with Crippen molar-refractivity contribution >= 4 is 10.9 Å². The van der Waals surface area contributed by atoms with Gasteiger partial charge in [-0.25, -0.2) is 5.90 Å². The van der Waals surface area contributed by atoms with Gasteiger partial charge in [0, 0.05) is 16.6 Å². The summed E-state index contributed by atoms with van der Waals surface area (Å²) in [5.41, 5.74) is 1.85. The number of phenolic OH excluding ortho intramolecular Hbond substituents is 1. The van der Waals surface area contributed by atoms with Crippen LogP contribution in [0, 0.1) is 0 Å². The number of nitrogens with two attached hydrogens (primary N) is 1. The lowest BCUT2D eigenvalue weighted by molar-refractivity contribution is 0.122. The number of nitrogens with one attached hydrogen (secondary N) is 1. The molecule has 0 aliphatic heterocycles. The summed E-state index contributed by atoms with van der Waals surface area (Å²) in [6, 6.07) is 7.02. The van der Waals surface area contributed by atoms with Crippen LogP contribution in [0.15, 0.2) is 24.3 Å². The molecule has 0 aliphatic carbocycles. The monoisotopic (exact) mass is 178 g/mol. The van der Waals surface area contributed by atoms with E-state index in [1.807, 2.05) is 12.1 Å². The maximum atomic E-state index is 9.20. The molecule has 0 saturated carbocycles. The van der Waals surface area contributed by atoms with Gasteiger partial charge >= 0.3 is 0 Å². The molecular weight excluding hydrogens is 168 g/mol. The van der Waals surface area contributed by atoms with Crippen LogP contribution in [0.4, 0.5) is 0 Å². The second-order valence-corrected chi connectivity index (χ2v) is 2.88. The molecule has 4 nitrogen and oxygen atoms in total. The van der Waals surface area contributed by atoms with Gasteiger partial charge in [-0.2, -0.15) is 0 Å². The van der Waals surface area contributed by atoms with Crippen LogP contribution >= 0.6 is 0 Å². The van der Waals surface area contributed by atoms with Gasteiger partial charge in [0.05, 0.1) is 0 Å². The van der Waals surface area contributed by atoms with Crippen LogP contribution in [0.5, 0.6) is 5.75 Å². The highest BCUT2D eigenvalue weighted by atomic mass is 16.6. The first-order valence-corrected chi connectivity index (χ1v) is 3.92. The Hall–Kier alpha value is -1.52. The second kappa shape index (κ2) is 3.08. The van der Waals surface area contributed by atoms with Crippen LogP contribution in [0.25, 0.3) is 10.9 Å². The van der Waals surface area contributed by atoms with Crippen molar-refractivity contribution in [1.29, 1.82) is 0 Å². The Kier molecular flexibility index (Phi) is 1.92. The number of phenols is 1. The summed E-state index contributed by atoms with van der Waals surface area (Å²) in [5, 5.41) is 10.2. The van der Waals surface area contributed by atoms with E-state index in [0.717, 1.165) is 16.6 Å². The van der Waals surface area contributed by atoms with E-state index in [0.29, 0.717) is 6.61 Å². The van der Waals surface area contributed by atoms with Crippen molar-refractivity contribution in [1.82, 2.24) is 4.98 Å². The minimum absolute atomic E-state index is 0.256. The number of rotatable bonds is 2. The van der Waals surface area contributed by atoms with Gasteiger partial charge in [0.2, 0.25) is 0 Å². The highest BCUT2D eigenvalue weighted by Crippen LogP contribution is 2.20. The number of hydrogen-bond acceptors (Lipinski definition) is 3. The Morgan fingerprint density at radius 3 is 3.00 bits per heavy atom. The Balaban J connectivity index is 2.49. The fourth-order valence-electron chi connectivity index (χ4n) is 1.35. The van der Waals surface area contributed by atoms with E-state index in [4.69, 9.17) is 5.90 Å². The Morgan fingerprint density at radius 1 is 1.38 bits per heavy atom. The third kappa shape index (κ3) is 1.49. The van der Waals surface area contributed by atoms with Crippen LogP contribution in [0.1, 0.15) is 5.69 Å². The van der Waals surface area contributed by atoms with E-state index in [-0.39, 0.29) is 5.75 Å². The number of H-pyrrole nitrogens is 1. The van der Waals surface area contributed by atoms with Crippen LogP contribution in [0.2, 0.25) is 0 Å². The molecule has 1 heterocycles. The quantitative estimate of drug-likeness (QED) is 0.606. The van der Waals surface area contributed by atoms with Gasteiger partial charge in [-0.3, -0.25) is 4.84 Å². The fraction of sp³-hybridized carbons (Fsp3) is 0.111. The summed E-state index contributed by atoms with van der Waals surface area (Å²) < 4.78 is 0. The molecule has 0 spiro atoms. The Morgan fingerprint density at radius 2 is 2.23 bits per heavy atom. The standard InChI is InChI=1S/C9H10N2O2/c10-13-5-7-3-6-4-8(12)1-2-9(6)11-7/h1-4,11-12H,5,10H2. The molecule has 0 amide bonds. The maximum absolute atomic E-state index is 9.20. The SMILES string of the molecule is NOCc1cc2cc(O)ccc2[nH]1. The van der Waals surface area contributed by atoms with Gasteiger partial charge in [0.15, 0.2) is 0 Å². The van der Waals surface area contributed by atoms with Crippen molar-refractivity contribution in [2.75, 3.05) is 0 Å². The average molecular weight is 178 g/mol. The maximum Gasteiger partial charge on any atom is 0.116 e. The number of aromatic amines is 1. The molecule has 0 aliphatic rings. The third-order valence-corrected chi connectivity index (χ3v) is 1.90. The molecule has 0 bridgehead atoms. The highest BCUT2D eigenvalue weighted by molar-refractivity contribution is 5.81. The van der Waals surface area contributed by atoms with E-state index in [2.05, 4.69) is 9.82 Å². The molecule has 1 aromatic heterocycles. The summed E-state index contributed by atoms with van der Waals surface area (Å²) in [7, 11) is 0. The molecule has 4 N–H and O–H groups in total. The Labute approximate surface area is 74.9 Å². The van der Waals surface area contributed by atoms with Crippen LogP contribution in [-0.2, 0) is 11.4 Å². The minimum atomic E-state index is 0.256. The molecule has 2 rings (SSSR count). The molecule has 4 heteroatoms. The van der Waals surface area contributed by atoms with Crippen molar-refractivity contribution in [3.8, 4) is 5.75 Å². The van der Waals surface area contributed by atoms with Crippen LogP contribution in [0.3, 0.4) is 0 Å². The second-order valence-electron chi connectivity index (χ2n) is 2.88. The number of hydrogen-bond donors (Lipinski definition) is 3. The molecule has 1 aromatic carbocycles. The van der Waals surface area contributed by atoms with E-state index < -0.39 is 0 Å². The first kappa shape index (κ1) is 8.10. The van der Waals surface area contributed by atoms with Gasteiger partial charge in [0.25, 0.3) is 0 Å². The number of aromatic hydroxyl groups is 1. The van der Waals surface area contributed by atoms with Gasteiger partial charge in [-0.05, 0) is 24.3 Å². The van der Waals surface area contributed by atoms with Crippen LogP contribution in [-0.4, -0.2) is 10.1 Å². The zero-order valence-electron chi connectivity index (χ0n) is 6.95. The smallest absolute Gasteiger partial charge is 0.116 e. The molecule has 0 saturated heterocycles. The molecule has 0 fully saturated rings. The van der Waals surface area contributed by atoms with E-state index in [9.17, 15) is 5.11 Å². The molecule has 0 unspecified atom stereocenters. The van der Waals surface area contributed by atoms with E-state index >= 15 is 0 Å². The predicted molar refractivity (Wildman–Crippen MR) is 48.9 cm³/mol. The van der Waals surface area contributed by atoms with Gasteiger partial charge in [-0.15, -0.1) is 0 Å². The van der Waals surface area contributed by atoms with Gasteiger partial charge in [-0.1, -0.05) is 0 Å². The summed E-state index contributed by atoms with van der Waals surface area (Å²) in [6.07, 6.45) is 0. The number of benzene rings is 1. The molecule has 0 radical (unpaired) electrons. The average Bonchev–Trinajstić information content (AvgIpc) is 2.46. The predicted octanol–water partition coefficient (Wildman–Crippen LogP) is 1.26. The summed E-state index contributed by atoms with van der Waals surface area (Å²) in [6.45, 7) is 0.343. The highest BCUT2D eigenvalue weighted by Gasteiger charge is 2.00. The number of aromatic nitrogens is 1. The summed E-state index contributed by atoms with van der Waals surface area (Å²) in [4.78, 5) is 7.60. The summed E-state index contributed by atoms with van der Waals surface area (Å²) in [5.74, 6) is 5.20. The van der Waals surface area contributed by atoms with Crippen molar-refractivity contribution in [2.24, 2.45) is 5.90 Å². The zero-order chi connectivity index (χ0) is 9.26. The molecule has 0 atom stereocenters. The van der Waals surface area contributed by atoms with Crippen LogP contribution < -0.4 is 5.90 Å². The van der Waals surface area contributed by atoms with Gasteiger partial charge < -0.3 is 10.1 Å². The van der Waals surface area contributed by atoms with Crippen molar-refractivity contribution in [2.45, 2.75) is 6.61 Å². The first-order valence-electron chi connectivity index (χ1n) is 3.92. The van der Waals surface area contributed by atoms with Crippen molar-refractivity contribution in [3.05, 3.63) is 30.0 Å². The topological polar surface area (TPSA) is 71.3 Å². The lowest BCUT2D eigenvalue weighted by Crippen LogP contribution is -1.98. The number of fused-ring (bicyclic) bond motifs is 1.